The maximum Gasteiger partial charge on any atom is 0.328 e. The van der Waals surface area contributed by atoms with E-state index in [1.807, 2.05) is 14.1 Å². The molecule has 23 heavy (non-hydrogen) atoms. The number of thiocarbonyl (C=S) groups is 1. The van der Waals surface area contributed by atoms with Crippen molar-refractivity contribution in [1.29, 1.82) is 0 Å². The fraction of sp³-hybridized carbons (Fsp3) is 0.400. The fourth-order valence-electron chi connectivity index (χ4n) is 2.07. The number of carbonyl (C=O) groups is 2. The van der Waals surface area contributed by atoms with Crippen molar-refractivity contribution >= 4 is 57.3 Å². The molecule has 0 amide bonds. The van der Waals surface area contributed by atoms with Gasteiger partial charge in [-0.15, -0.1) is 0 Å². The van der Waals surface area contributed by atoms with Crippen molar-refractivity contribution in [1.82, 2.24) is 4.90 Å². The lowest BCUT2D eigenvalue weighted by Crippen LogP contribution is -2.26. The van der Waals surface area contributed by atoms with Gasteiger partial charge in [-0.3, -0.25) is 4.79 Å². The molecule has 0 saturated carbocycles. The summed E-state index contributed by atoms with van der Waals surface area (Å²) < 4.78 is 5.55. The highest BCUT2D eigenvalue weighted by Crippen LogP contribution is 2.28. The normalized spacial score (nSPS) is 16.8. The summed E-state index contributed by atoms with van der Waals surface area (Å²) in [6.07, 6.45) is 0.568. The molecule has 124 valence electrons. The zero-order valence-electron chi connectivity index (χ0n) is 12.8. The molecule has 8 heteroatoms. The highest BCUT2D eigenvalue weighted by molar-refractivity contribution is 8.23. The lowest BCUT2D eigenvalue weighted by molar-refractivity contribution is -0.138. The molecule has 1 atom stereocenters. The zero-order chi connectivity index (χ0) is 17.0. The van der Waals surface area contributed by atoms with Crippen molar-refractivity contribution in [2.45, 2.75) is 12.5 Å². The minimum atomic E-state index is -0.449. The number of anilines is 1. The largest absolute Gasteiger partial charge is 0.464 e. The molecule has 1 saturated heterocycles. The Bertz CT molecular complexity index is 637. The summed E-state index contributed by atoms with van der Waals surface area (Å²) in [4.78, 5) is 25.9. The van der Waals surface area contributed by atoms with E-state index in [4.69, 9.17) is 28.6 Å². The van der Waals surface area contributed by atoms with E-state index >= 15 is 0 Å². The molecule has 1 N–H and O–H groups in total. The minimum Gasteiger partial charge on any atom is -0.464 e. The first-order valence-corrected chi connectivity index (χ1v) is 8.76. The van der Waals surface area contributed by atoms with Gasteiger partial charge in [-0.2, -0.15) is 0 Å². The van der Waals surface area contributed by atoms with Gasteiger partial charge in [0, 0.05) is 26.2 Å². The summed E-state index contributed by atoms with van der Waals surface area (Å²) in [7, 11) is 3.65. The Morgan fingerprint density at radius 2 is 2.26 bits per heavy atom. The van der Waals surface area contributed by atoms with Gasteiger partial charge >= 0.3 is 5.97 Å². The van der Waals surface area contributed by atoms with E-state index in [9.17, 15) is 9.59 Å². The highest BCUT2D eigenvalue weighted by Gasteiger charge is 2.28. The molecule has 1 heterocycles. The molecule has 5 nitrogen and oxygen atoms in total. The highest BCUT2D eigenvalue weighted by atomic mass is 35.5. The van der Waals surface area contributed by atoms with Crippen LogP contribution in [-0.2, 0) is 9.53 Å². The van der Waals surface area contributed by atoms with Crippen LogP contribution in [0.5, 0.6) is 0 Å². The average molecular weight is 373 g/mol. The predicted octanol–water partition coefficient (Wildman–Crippen LogP) is 2.83. The Labute approximate surface area is 149 Å². The molecule has 0 radical (unpaired) electrons. The summed E-state index contributed by atoms with van der Waals surface area (Å²) in [6, 6.07) is 4.68. The third-order valence-corrected chi connectivity index (χ3v) is 5.30. The van der Waals surface area contributed by atoms with Crippen LogP contribution in [0.2, 0.25) is 5.02 Å². The van der Waals surface area contributed by atoms with E-state index in [-0.39, 0.29) is 17.5 Å². The first-order valence-electron chi connectivity index (χ1n) is 6.99. The number of hydrogen-bond donors (Lipinski definition) is 1. The van der Waals surface area contributed by atoms with Crippen LogP contribution in [0.4, 0.5) is 5.69 Å². The Morgan fingerprint density at radius 3 is 2.87 bits per heavy atom. The van der Waals surface area contributed by atoms with Gasteiger partial charge in [0.25, 0.3) is 0 Å². The summed E-state index contributed by atoms with van der Waals surface area (Å²) in [5.74, 6) is -0.268. The van der Waals surface area contributed by atoms with Crippen LogP contribution in [0.15, 0.2) is 18.2 Å². The van der Waals surface area contributed by atoms with E-state index in [1.54, 1.807) is 23.1 Å². The SMILES string of the molecule is CN(C)C(=S)SCC(=O)c1c(Cl)cccc1NC1CCOC1=O. The summed E-state index contributed by atoms with van der Waals surface area (Å²) in [5.41, 5.74) is 0.922. The van der Waals surface area contributed by atoms with Gasteiger partial charge in [0.05, 0.1) is 22.9 Å². The molecule has 0 bridgehead atoms. The monoisotopic (exact) mass is 372 g/mol. The molecular formula is C15H17ClN2O3S2. The topological polar surface area (TPSA) is 58.6 Å². The molecule has 0 spiro atoms. The number of benzene rings is 1. The van der Waals surface area contributed by atoms with Crippen molar-refractivity contribution in [3.63, 3.8) is 0 Å². The number of thioether (sulfide) groups is 1. The molecule has 1 fully saturated rings. The van der Waals surface area contributed by atoms with Crippen LogP contribution in [-0.4, -0.2) is 53.5 Å². The standard InChI is InChI=1S/C15H17ClN2O3S2/c1-18(2)15(22)23-8-12(19)13-9(16)4-3-5-10(13)17-11-6-7-21-14(11)20/h3-5,11,17H,6-8H2,1-2H3. The second kappa shape index (κ2) is 7.99. The molecule has 1 aromatic rings. The molecule has 1 aliphatic heterocycles. The Balaban J connectivity index is 2.15. The van der Waals surface area contributed by atoms with Crippen LogP contribution in [0.3, 0.4) is 0 Å². The van der Waals surface area contributed by atoms with Crippen molar-refractivity contribution in [2.75, 3.05) is 31.8 Å². The number of cyclic esters (lactones) is 1. The third kappa shape index (κ3) is 4.59. The lowest BCUT2D eigenvalue weighted by Gasteiger charge is -2.16. The molecule has 2 rings (SSSR count). The van der Waals surface area contributed by atoms with E-state index in [1.165, 1.54) is 11.8 Å². The van der Waals surface area contributed by atoms with Crippen LogP contribution < -0.4 is 5.32 Å². The molecular weight excluding hydrogens is 356 g/mol. The van der Waals surface area contributed by atoms with Crippen LogP contribution in [0.25, 0.3) is 0 Å². The quantitative estimate of drug-likeness (QED) is 0.484. The van der Waals surface area contributed by atoms with Crippen molar-refractivity contribution in [2.24, 2.45) is 0 Å². The van der Waals surface area contributed by atoms with E-state index in [0.717, 1.165) is 0 Å². The molecule has 0 aromatic heterocycles. The minimum absolute atomic E-state index is 0.140. The number of ketones is 1. The number of nitrogens with zero attached hydrogens (tertiary/aromatic N) is 1. The van der Waals surface area contributed by atoms with E-state index in [2.05, 4.69) is 5.32 Å². The first kappa shape index (κ1) is 18.0. The van der Waals surface area contributed by atoms with Gasteiger partial charge < -0.3 is 15.0 Å². The number of rotatable bonds is 5. The fourth-order valence-corrected chi connectivity index (χ4v) is 3.18. The number of Topliss-reactive ketones (excluding diaryl/α,β-unsaturated/α-hetero) is 1. The van der Waals surface area contributed by atoms with Crippen molar-refractivity contribution in [3.8, 4) is 0 Å². The van der Waals surface area contributed by atoms with Crippen LogP contribution in [0, 0.1) is 0 Å². The number of hydrogen-bond acceptors (Lipinski definition) is 6. The van der Waals surface area contributed by atoms with E-state index in [0.29, 0.717) is 33.6 Å². The van der Waals surface area contributed by atoms with Gasteiger partial charge in [0.1, 0.15) is 10.4 Å². The number of esters is 1. The summed E-state index contributed by atoms with van der Waals surface area (Å²) in [5, 5.41) is 3.41. The van der Waals surface area contributed by atoms with Gasteiger partial charge in [0.15, 0.2) is 5.78 Å². The second-order valence-corrected chi connectivity index (χ2v) is 7.20. The number of ether oxygens (including phenoxy) is 1. The molecule has 0 aliphatic carbocycles. The maximum atomic E-state index is 12.5. The summed E-state index contributed by atoms with van der Waals surface area (Å²) in [6.45, 7) is 0.382. The van der Waals surface area contributed by atoms with Crippen molar-refractivity contribution in [3.05, 3.63) is 28.8 Å². The smallest absolute Gasteiger partial charge is 0.328 e. The average Bonchev–Trinajstić information content (AvgIpc) is 2.89. The van der Waals surface area contributed by atoms with E-state index < -0.39 is 6.04 Å². The second-order valence-electron chi connectivity index (χ2n) is 5.19. The molecule has 1 aliphatic rings. The van der Waals surface area contributed by atoms with Gasteiger partial charge in [0.2, 0.25) is 0 Å². The molecule has 1 unspecified atom stereocenters. The number of nitrogens with one attached hydrogen (secondary N) is 1. The lowest BCUT2D eigenvalue weighted by atomic mass is 10.1. The Hall–Kier alpha value is -1.31. The van der Waals surface area contributed by atoms with Gasteiger partial charge in [-0.05, 0) is 12.1 Å². The first-order chi connectivity index (χ1) is 10.9. The molecule has 1 aromatic carbocycles. The van der Waals surface area contributed by atoms with Gasteiger partial charge in [-0.25, -0.2) is 4.79 Å². The Kier molecular flexibility index (Phi) is 6.26. The van der Waals surface area contributed by atoms with Crippen molar-refractivity contribution < 1.29 is 14.3 Å². The van der Waals surface area contributed by atoms with Crippen LogP contribution >= 0.6 is 35.6 Å². The van der Waals surface area contributed by atoms with Gasteiger partial charge in [-0.1, -0.05) is 41.6 Å². The predicted molar refractivity (Wildman–Crippen MR) is 97.5 cm³/mol. The van der Waals surface area contributed by atoms with Crippen LogP contribution in [0.1, 0.15) is 16.8 Å². The maximum absolute atomic E-state index is 12.5. The number of carbonyl (C=O) groups excluding carboxylic acids is 2. The summed E-state index contributed by atoms with van der Waals surface area (Å²) >= 11 is 12.6. The Morgan fingerprint density at radius 1 is 1.52 bits per heavy atom. The zero-order valence-corrected chi connectivity index (χ0v) is 15.2. The number of halogens is 1. The third-order valence-electron chi connectivity index (χ3n) is 3.25.